The fourth-order valence-corrected chi connectivity index (χ4v) is 1.23. The minimum absolute atomic E-state index is 0.935. The molecule has 1 heterocycles. The van der Waals surface area contributed by atoms with Crippen molar-refractivity contribution in [1.82, 2.24) is 5.32 Å². The van der Waals surface area contributed by atoms with Crippen LogP contribution in [-0.4, -0.2) is 26.4 Å². The molecule has 0 saturated heterocycles. The smallest absolute Gasteiger partial charge is 0.0277 e. The molecule has 0 fully saturated rings. The molecular formula is C11H20N2. The molecule has 0 aromatic rings. The maximum absolute atomic E-state index is 4.00. The zero-order chi connectivity index (χ0) is 10.1. The molecule has 1 rings (SSSR count). The first-order chi connectivity index (χ1) is 6.38. The first-order valence-electron chi connectivity index (χ1n) is 4.86. The Labute approximate surface area is 81.5 Å². The first-order valence-corrected chi connectivity index (χ1v) is 4.86. The molecule has 0 atom stereocenters. The third-order valence-corrected chi connectivity index (χ3v) is 1.83. The van der Waals surface area contributed by atoms with Crippen LogP contribution in [0.15, 0.2) is 28.8 Å². The van der Waals surface area contributed by atoms with E-state index in [0.717, 1.165) is 19.5 Å². The highest BCUT2D eigenvalue weighted by atomic mass is 14.9. The van der Waals surface area contributed by atoms with Gasteiger partial charge in [-0.15, -0.1) is 0 Å². The summed E-state index contributed by atoms with van der Waals surface area (Å²) in [5, 5.41) is 3.28. The molecule has 2 heteroatoms. The number of nitrogens with one attached hydrogen (secondary N) is 1. The first kappa shape index (κ1) is 12.1. The van der Waals surface area contributed by atoms with Crippen molar-refractivity contribution in [1.29, 1.82) is 0 Å². The predicted octanol–water partition coefficient (Wildman–Crippen LogP) is 2.19. The van der Waals surface area contributed by atoms with Gasteiger partial charge in [-0.3, -0.25) is 4.99 Å². The Bertz CT molecular complexity index is 202. The van der Waals surface area contributed by atoms with Crippen molar-refractivity contribution in [3.63, 3.8) is 0 Å². The fourth-order valence-electron chi connectivity index (χ4n) is 1.23. The third-order valence-electron chi connectivity index (χ3n) is 1.83. The van der Waals surface area contributed by atoms with Gasteiger partial charge in [0.05, 0.1) is 0 Å². The van der Waals surface area contributed by atoms with Crippen LogP contribution in [0.25, 0.3) is 0 Å². The van der Waals surface area contributed by atoms with Gasteiger partial charge in [-0.2, -0.15) is 0 Å². The highest BCUT2D eigenvalue weighted by Crippen LogP contribution is 2.10. The minimum atomic E-state index is 0.935. The molecule has 0 radical (unpaired) electrons. The summed E-state index contributed by atoms with van der Waals surface area (Å²) in [6, 6.07) is 0. The Morgan fingerprint density at radius 2 is 2.08 bits per heavy atom. The lowest BCUT2D eigenvalue weighted by Crippen LogP contribution is -2.24. The molecular weight excluding hydrogens is 160 g/mol. The number of hydrogen-bond acceptors (Lipinski definition) is 2. The summed E-state index contributed by atoms with van der Waals surface area (Å²) >= 11 is 0. The standard InChI is InChI=1S/C9H14N2.C2H6/c1-3-8-7-11-5-4-9(8)6-10-2;1-2/h3,6,11H,1,4-5,7H2,2H3;1-2H3. The molecule has 0 spiro atoms. The molecule has 74 valence electrons. The van der Waals surface area contributed by atoms with Gasteiger partial charge in [-0.05, 0) is 24.1 Å². The average Bonchev–Trinajstić information content (AvgIpc) is 2.22. The van der Waals surface area contributed by atoms with E-state index in [1.54, 1.807) is 7.05 Å². The Balaban J connectivity index is 0.000000671. The van der Waals surface area contributed by atoms with E-state index in [9.17, 15) is 0 Å². The summed E-state index contributed by atoms with van der Waals surface area (Å²) in [4.78, 5) is 4.00. The van der Waals surface area contributed by atoms with E-state index in [0.29, 0.717) is 0 Å². The van der Waals surface area contributed by atoms with Crippen molar-refractivity contribution < 1.29 is 0 Å². The van der Waals surface area contributed by atoms with Crippen LogP contribution in [-0.2, 0) is 0 Å². The van der Waals surface area contributed by atoms with Gasteiger partial charge in [0.15, 0.2) is 0 Å². The molecule has 0 aromatic heterocycles. The van der Waals surface area contributed by atoms with E-state index >= 15 is 0 Å². The third kappa shape index (κ3) is 4.04. The van der Waals surface area contributed by atoms with Gasteiger partial charge >= 0.3 is 0 Å². The van der Waals surface area contributed by atoms with Crippen LogP contribution in [0.2, 0.25) is 0 Å². The number of rotatable bonds is 2. The summed E-state index contributed by atoms with van der Waals surface area (Å²) in [7, 11) is 1.80. The van der Waals surface area contributed by atoms with Crippen molar-refractivity contribution >= 4 is 6.21 Å². The summed E-state index contributed by atoms with van der Waals surface area (Å²) in [6.07, 6.45) is 4.90. The Hall–Kier alpha value is -0.890. The zero-order valence-electron chi connectivity index (χ0n) is 8.93. The molecule has 0 amide bonds. The van der Waals surface area contributed by atoms with Crippen molar-refractivity contribution in [2.45, 2.75) is 20.3 Å². The average molecular weight is 180 g/mol. The molecule has 1 aliphatic rings. The van der Waals surface area contributed by atoms with Gasteiger partial charge < -0.3 is 5.32 Å². The minimum Gasteiger partial charge on any atom is -0.312 e. The molecule has 1 aliphatic heterocycles. The highest BCUT2D eigenvalue weighted by Gasteiger charge is 2.06. The summed E-state index contributed by atoms with van der Waals surface area (Å²) in [5.41, 5.74) is 2.60. The van der Waals surface area contributed by atoms with E-state index in [2.05, 4.69) is 16.9 Å². The van der Waals surface area contributed by atoms with Gasteiger partial charge in [0, 0.05) is 19.8 Å². The maximum Gasteiger partial charge on any atom is 0.0277 e. The van der Waals surface area contributed by atoms with Gasteiger partial charge in [0.25, 0.3) is 0 Å². The largest absolute Gasteiger partial charge is 0.312 e. The Morgan fingerprint density at radius 3 is 2.62 bits per heavy atom. The lowest BCUT2D eigenvalue weighted by Gasteiger charge is -2.15. The van der Waals surface area contributed by atoms with E-state index in [-0.39, 0.29) is 0 Å². The lowest BCUT2D eigenvalue weighted by atomic mass is 10.0. The van der Waals surface area contributed by atoms with Crippen molar-refractivity contribution in [2.75, 3.05) is 20.1 Å². The molecule has 13 heavy (non-hydrogen) atoms. The molecule has 0 aromatic carbocycles. The van der Waals surface area contributed by atoms with Crippen LogP contribution in [0.1, 0.15) is 20.3 Å². The second-order valence-corrected chi connectivity index (χ2v) is 2.57. The van der Waals surface area contributed by atoms with E-state index in [4.69, 9.17) is 0 Å². The van der Waals surface area contributed by atoms with Gasteiger partial charge in [0.2, 0.25) is 0 Å². The number of hydrogen-bond donors (Lipinski definition) is 1. The van der Waals surface area contributed by atoms with Gasteiger partial charge in [-0.1, -0.05) is 26.5 Å². The normalized spacial score (nSPS) is 16.8. The highest BCUT2D eigenvalue weighted by molar-refractivity contribution is 5.80. The summed E-state index contributed by atoms with van der Waals surface area (Å²) < 4.78 is 0. The molecule has 2 nitrogen and oxygen atoms in total. The summed E-state index contributed by atoms with van der Waals surface area (Å²) in [6.45, 7) is 9.75. The fraction of sp³-hybridized carbons (Fsp3) is 0.545. The zero-order valence-corrected chi connectivity index (χ0v) is 8.93. The van der Waals surface area contributed by atoms with Crippen LogP contribution in [0.4, 0.5) is 0 Å². The molecule has 0 bridgehead atoms. The summed E-state index contributed by atoms with van der Waals surface area (Å²) in [5.74, 6) is 0. The van der Waals surface area contributed by atoms with Crippen molar-refractivity contribution in [3.05, 3.63) is 23.8 Å². The van der Waals surface area contributed by atoms with E-state index in [1.165, 1.54) is 11.1 Å². The van der Waals surface area contributed by atoms with Crippen LogP contribution in [0, 0.1) is 0 Å². The maximum atomic E-state index is 4.00. The quantitative estimate of drug-likeness (QED) is 0.647. The number of aliphatic imine (C=N–C) groups is 1. The van der Waals surface area contributed by atoms with E-state index < -0.39 is 0 Å². The second-order valence-electron chi connectivity index (χ2n) is 2.57. The molecule has 1 N–H and O–H groups in total. The van der Waals surface area contributed by atoms with Crippen LogP contribution >= 0.6 is 0 Å². The molecule has 0 unspecified atom stereocenters. The SMILES string of the molecule is C=CC1=C(C=NC)CCNC1.CC. The lowest BCUT2D eigenvalue weighted by molar-refractivity contribution is 0.702. The molecule has 0 aliphatic carbocycles. The second kappa shape index (κ2) is 7.74. The van der Waals surface area contributed by atoms with E-state index in [1.807, 2.05) is 26.1 Å². The van der Waals surface area contributed by atoms with Crippen molar-refractivity contribution in [3.8, 4) is 0 Å². The topological polar surface area (TPSA) is 24.4 Å². The molecule has 0 saturated carbocycles. The van der Waals surface area contributed by atoms with Gasteiger partial charge in [0.1, 0.15) is 0 Å². The van der Waals surface area contributed by atoms with Crippen LogP contribution in [0.3, 0.4) is 0 Å². The Kier molecular flexibility index (Phi) is 7.21. The van der Waals surface area contributed by atoms with Crippen LogP contribution in [0.5, 0.6) is 0 Å². The number of nitrogens with zero attached hydrogens (tertiary/aromatic N) is 1. The van der Waals surface area contributed by atoms with Crippen LogP contribution < -0.4 is 5.32 Å². The Morgan fingerprint density at radius 1 is 1.38 bits per heavy atom. The predicted molar refractivity (Wildman–Crippen MR) is 60.5 cm³/mol. The van der Waals surface area contributed by atoms with Gasteiger partial charge in [-0.25, -0.2) is 0 Å². The monoisotopic (exact) mass is 180 g/mol. The van der Waals surface area contributed by atoms with Crippen molar-refractivity contribution in [2.24, 2.45) is 4.99 Å².